The van der Waals surface area contributed by atoms with Crippen LogP contribution in [-0.4, -0.2) is 21.9 Å². The molecule has 0 saturated carbocycles. The third-order valence-corrected chi connectivity index (χ3v) is 2.84. The van der Waals surface area contributed by atoms with Crippen LogP contribution < -0.4 is 5.73 Å². The average Bonchev–Trinajstić information content (AvgIpc) is 2.54. The van der Waals surface area contributed by atoms with Crippen LogP contribution in [0.3, 0.4) is 0 Å². The molecule has 0 saturated heterocycles. The summed E-state index contributed by atoms with van der Waals surface area (Å²) < 4.78 is 7.49. The Kier molecular flexibility index (Phi) is 4.98. The number of aryl methyl sites for hydroxylation is 2. The molecule has 0 aromatic carbocycles. The number of aromatic nitrogens is 2. The number of nitrogens with zero attached hydrogens (tertiary/aromatic N) is 2. The molecule has 0 radical (unpaired) electrons. The van der Waals surface area contributed by atoms with E-state index >= 15 is 0 Å². The van der Waals surface area contributed by atoms with Crippen molar-refractivity contribution < 1.29 is 4.74 Å². The summed E-state index contributed by atoms with van der Waals surface area (Å²) in [4.78, 5) is 0. The molecule has 2 N–H and O–H groups in total. The van der Waals surface area contributed by atoms with E-state index in [2.05, 4.69) is 5.10 Å². The normalized spacial score (nSPS) is 12.1. The first-order chi connectivity index (χ1) is 7.89. The maximum atomic E-state index is 6.26. The highest BCUT2D eigenvalue weighted by atomic mass is 35.5. The lowest BCUT2D eigenvalue weighted by Crippen LogP contribution is -2.37. The van der Waals surface area contributed by atoms with Crippen molar-refractivity contribution in [3.05, 3.63) is 16.4 Å². The van der Waals surface area contributed by atoms with Crippen LogP contribution in [0.2, 0.25) is 5.02 Å². The standard InChI is InChI=1S/C12H22ClN3O/c1-5-9-11(13)10(16(6-2)15-9)7-17-8-12(3,4)14/h5-8,14H2,1-4H3. The van der Waals surface area contributed by atoms with Crippen molar-refractivity contribution in [2.45, 2.75) is 52.8 Å². The van der Waals surface area contributed by atoms with Gasteiger partial charge >= 0.3 is 0 Å². The van der Waals surface area contributed by atoms with Gasteiger partial charge in [0.1, 0.15) is 0 Å². The first-order valence-corrected chi connectivity index (χ1v) is 6.37. The van der Waals surface area contributed by atoms with Crippen molar-refractivity contribution in [1.82, 2.24) is 9.78 Å². The molecule has 17 heavy (non-hydrogen) atoms. The molecule has 1 aromatic rings. The second kappa shape index (κ2) is 5.85. The van der Waals surface area contributed by atoms with E-state index in [0.717, 1.165) is 29.4 Å². The van der Waals surface area contributed by atoms with Crippen LogP contribution in [0, 0.1) is 0 Å². The number of hydrogen-bond donors (Lipinski definition) is 1. The van der Waals surface area contributed by atoms with E-state index in [0.29, 0.717) is 13.2 Å². The predicted octanol–water partition coefficient (Wildman–Crippen LogP) is 2.37. The first kappa shape index (κ1) is 14.5. The lowest BCUT2D eigenvalue weighted by atomic mass is 10.1. The lowest BCUT2D eigenvalue weighted by Gasteiger charge is -2.18. The van der Waals surface area contributed by atoms with E-state index in [1.165, 1.54) is 0 Å². The molecular formula is C12H22ClN3O. The SMILES string of the molecule is CCc1nn(CC)c(COCC(C)(C)N)c1Cl. The van der Waals surface area contributed by atoms with Gasteiger partial charge in [0, 0.05) is 12.1 Å². The molecule has 0 fully saturated rings. The quantitative estimate of drug-likeness (QED) is 0.853. The fourth-order valence-corrected chi connectivity index (χ4v) is 1.89. The largest absolute Gasteiger partial charge is 0.373 e. The Bertz CT molecular complexity index is 369. The monoisotopic (exact) mass is 259 g/mol. The summed E-state index contributed by atoms with van der Waals surface area (Å²) in [7, 11) is 0. The molecule has 4 nitrogen and oxygen atoms in total. The Morgan fingerprint density at radius 1 is 1.41 bits per heavy atom. The zero-order valence-electron chi connectivity index (χ0n) is 11.1. The van der Waals surface area contributed by atoms with Crippen LogP contribution in [0.5, 0.6) is 0 Å². The second-order valence-electron chi connectivity index (χ2n) is 4.86. The third kappa shape index (κ3) is 3.98. The smallest absolute Gasteiger partial charge is 0.0900 e. The second-order valence-corrected chi connectivity index (χ2v) is 5.24. The molecule has 0 spiro atoms. The van der Waals surface area contributed by atoms with Crippen LogP contribution >= 0.6 is 11.6 Å². The van der Waals surface area contributed by atoms with E-state index < -0.39 is 0 Å². The van der Waals surface area contributed by atoms with Crippen LogP contribution in [-0.2, 0) is 24.3 Å². The summed E-state index contributed by atoms with van der Waals surface area (Å²) in [5.74, 6) is 0. The van der Waals surface area contributed by atoms with Crippen molar-refractivity contribution in [3.63, 3.8) is 0 Å². The van der Waals surface area contributed by atoms with Gasteiger partial charge in [-0.15, -0.1) is 0 Å². The van der Waals surface area contributed by atoms with Crippen molar-refractivity contribution >= 4 is 11.6 Å². The predicted molar refractivity (Wildman–Crippen MR) is 70.2 cm³/mol. The summed E-state index contributed by atoms with van der Waals surface area (Å²) in [6.07, 6.45) is 0.835. The zero-order chi connectivity index (χ0) is 13.1. The van der Waals surface area contributed by atoms with E-state index in [1.54, 1.807) is 0 Å². The molecule has 0 atom stereocenters. The molecule has 1 aromatic heterocycles. The number of nitrogens with two attached hydrogens (primary N) is 1. The molecule has 0 aliphatic carbocycles. The molecule has 0 amide bonds. The zero-order valence-corrected chi connectivity index (χ0v) is 11.8. The van der Waals surface area contributed by atoms with E-state index in [9.17, 15) is 0 Å². The maximum absolute atomic E-state index is 6.26. The topological polar surface area (TPSA) is 53.1 Å². The van der Waals surface area contributed by atoms with E-state index in [-0.39, 0.29) is 5.54 Å². The highest BCUT2D eigenvalue weighted by Crippen LogP contribution is 2.22. The molecule has 0 bridgehead atoms. The summed E-state index contributed by atoms with van der Waals surface area (Å²) in [6, 6.07) is 0. The molecule has 5 heteroatoms. The van der Waals surface area contributed by atoms with Crippen molar-refractivity contribution in [2.75, 3.05) is 6.61 Å². The Morgan fingerprint density at radius 2 is 2.06 bits per heavy atom. The summed E-state index contributed by atoms with van der Waals surface area (Å²) in [5, 5.41) is 5.16. The van der Waals surface area contributed by atoms with Crippen molar-refractivity contribution in [1.29, 1.82) is 0 Å². The Balaban J connectivity index is 2.72. The highest BCUT2D eigenvalue weighted by Gasteiger charge is 2.16. The molecule has 0 aliphatic rings. The van der Waals surface area contributed by atoms with Crippen LogP contribution in [0.25, 0.3) is 0 Å². The molecule has 98 valence electrons. The van der Waals surface area contributed by atoms with Gasteiger partial charge in [-0.2, -0.15) is 5.10 Å². The minimum absolute atomic E-state index is 0.322. The van der Waals surface area contributed by atoms with Gasteiger partial charge < -0.3 is 10.5 Å². The fraction of sp³-hybridized carbons (Fsp3) is 0.750. The van der Waals surface area contributed by atoms with Crippen LogP contribution in [0.4, 0.5) is 0 Å². The first-order valence-electron chi connectivity index (χ1n) is 5.99. The summed E-state index contributed by atoms with van der Waals surface area (Å²) in [5.41, 5.74) is 7.41. The lowest BCUT2D eigenvalue weighted by molar-refractivity contribution is 0.0806. The molecular weight excluding hydrogens is 238 g/mol. The van der Waals surface area contributed by atoms with Gasteiger partial charge in [0.05, 0.1) is 29.6 Å². The number of halogens is 1. The van der Waals surface area contributed by atoms with Gasteiger partial charge in [-0.25, -0.2) is 0 Å². The molecule has 1 heterocycles. The van der Waals surface area contributed by atoms with Crippen LogP contribution in [0.15, 0.2) is 0 Å². The third-order valence-electron chi connectivity index (χ3n) is 2.41. The van der Waals surface area contributed by atoms with Crippen molar-refractivity contribution in [2.24, 2.45) is 5.73 Å². The van der Waals surface area contributed by atoms with E-state index in [4.69, 9.17) is 22.1 Å². The van der Waals surface area contributed by atoms with Crippen LogP contribution in [0.1, 0.15) is 39.1 Å². The van der Waals surface area contributed by atoms with Gasteiger partial charge in [-0.3, -0.25) is 4.68 Å². The molecule has 0 aliphatic heterocycles. The highest BCUT2D eigenvalue weighted by molar-refractivity contribution is 6.31. The molecule has 0 unspecified atom stereocenters. The Morgan fingerprint density at radius 3 is 2.53 bits per heavy atom. The summed E-state index contributed by atoms with van der Waals surface area (Å²) in [6.45, 7) is 9.71. The minimum Gasteiger partial charge on any atom is -0.373 e. The number of hydrogen-bond acceptors (Lipinski definition) is 3. The van der Waals surface area contributed by atoms with E-state index in [1.807, 2.05) is 32.4 Å². The summed E-state index contributed by atoms with van der Waals surface area (Å²) >= 11 is 6.26. The fourth-order valence-electron chi connectivity index (χ4n) is 1.57. The van der Waals surface area contributed by atoms with Gasteiger partial charge in [-0.1, -0.05) is 18.5 Å². The van der Waals surface area contributed by atoms with Gasteiger partial charge in [-0.05, 0) is 27.2 Å². The maximum Gasteiger partial charge on any atom is 0.0900 e. The Labute approximate surface area is 108 Å². The number of ether oxygens (including phenoxy) is 1. The Hall–Kier alpha value is -0.580. The minimum atomic E-state index is -0.322. The van der Waals surface area contributed by atoms with Gasteiger partial charge in [0.2, 0.25) is 0 Å². The van der Waals surface area contributed by atoms with Gasteiger partial charge in [0.25, 0.3) is 0 Å². The van der Waals surface area contributed by atoms with Gasteiger partial charge in [0.15, 0.2) is 0 Å². The number of rotatable bonds is 6. The molecule has 1 rings (SSSR count). The van der Waals surface area contributed by atoms with Crippen molar-refractivity contribution in [3.8, 4) is 0 Å². The average molecular weight is 260 g/mol.